The van der Waals surface area contributed by atoms with E-state index in [0.29, 0.717) is 0 Å². The van der Waals surface area contributed by atoms with E-state index in [2.05, 4.69) is 56.1 Å². The summed E-state index contributed by atoms with van der Waals surface area (Å²) in [4.78, 5) is 4.54. The molecule has 0 saturated carbocycles. The summed E-state index contributed by atoms with van der Waals surface area (Å²) in [6.07, 6.45) is 2.93. The third-order valence-electron chi connectivity index (χ3n) is 3.04. The van der Waals surface area contributed by atoms with Crippen LogP contribution in [0.5, 0.6) is 0 Å². The Morgan fingerprint density at radius 3 is 2.44 bits per heavy atom. The molecule has 1 aromatic carbocycles. The van der Waals surface area contributed by atoms with E-state index in [4.69, 9.17) is 0 Å². The Bertz CT molecular complexity index is 501. The van der Waals surface area contributed by atoms with Crippen molar-refractivity contribution in [3.05, 3.63) is 53.2 Å². The fourth-order valence-corrected chi connectivity index (χ4v) is 2.11. The molecule has 0 spiro atoms. The first-order chi connectivity index (χ1) is 7.74. The topological polar surface area (TPSA) is 12.9 Å². The molecule has 16 heavy (non-hydrogen) atoms. The molecule has 0 unspecified atom stereocenters. The van der Waals surface area contributed by atoms with Gasteiger partial charge in [-0.2, -0.15) is 0 Å². The smallest absolute Gasteiger partial charge is 0.0739 e. The lowest BCUT2D eigenvalue weighted by Crippen LogP contribution is -1.96. The average Bonchev–Trinajstić information content (AvgIpc) is 2.29. The molecule has 0 amide bonds. The number of hydrogen-bond acceptors (Lipinski definition) is 1. The van der Waals surface area contributed by atoms with E-state index < -0.39 is 0 Å². The van der Waals surface area contributed by atoms with Gasteiger partial charge in [0, 0.05) is 11.8 Å². The molecule has 0 fully saturated rings. The third-order valence-corrected chi connectivity index (χ3v) is 3.04. The molecular formula is C15H17N. The predicted octanol–water partition coefficient (Wildman–Crippen LogP) is 3.93. The standard InChI is InChI=1S/C15H17N/c1-4-13-12(3)9-10-16-15(13)14-8-6-5-7-11(14)2/h5-10H,4H2,1-3H3. The molecule has 82 valence electrons. The third kappa shape index (κ3) is 1.85. The number of rotatable bonds is 2. The van der Waals surface area contributed by atoms with E-state index in [0.717, 1.165) is 12.1 Å². The molecule has 1 heterocycles. The zero-order chi connectivity index (χ0) is 11.5. The van der Waals surface area contributed by atoms with E-state index in [1.54, 1.807) is 0 Å². The molecule has 0 N–H and O–H groups in total. The van der Waals surface area contributed by atoms with Crippen LogP contribution < -0.4 is 0 Å². The van der Waals surface area contributed by atoms with E-state index in [9.17, 15) is 0 Å². The van der Waals surface area contributed by atoms with Gasteiger partial charge in [-0.3, -0.25) is 4.98 Å². The quantitative estimate of drug-likeness (QED) is 0.733. The lowest BCUT2D eigenvalue weighted by Gasteiger charge is -2.11. The zero-order valence-electron chi connectivity index (χ0n) is 10.1. The maximum Gasteiger partial charge on any atom is 0.0739 e. The number of hydrogen-bond donors (Lipinski definition) is 0. The Balaban J connectivity index is 2.65. The zero-order valence-corrected chi connectivity index (χ0v) is 10.1. The minimum Gasteiger partial charge on any atom is -0.256 e. The normalized spacial score (nSPS) is 10.4. The average molecular weight is 211 g/mol. The number of aryl methyl sites for hydroxylation is 2. The van der Waals surface area contributed by atoms with Crippen LogP contribution in [0.4, 0.5) is 0 Å². The Morgan fingerprint density at radius 1 is 1.00 bits per heavy atom. The van der Waals surface area contributed by atoms with Gasteiger partial charge in [0.1, 0.15) is 0 Å². The number of aromatic nitrogens is 1. The highest BCUT2D eigenvalue weighted by molar-refractivity contribution is 5.67. The van der Waals surface area contributed by atoms with E-state index in [1.807, 2.05) is 6.20 Å². The minimum absolute atomic E-state index is 1.03. The number of pyridine rings is 1. The second kappa shape index (κ2) is 4.48. The van der Waals surface area contributed by atoms with Crippen LogP contribution in [0.25, 0.3) is 11.3 Å². The van der Waals surface area contributed by atoms with Crippen molar-refractivity contribution in [2.24, 2.45) is 0 Å². The molecule has 0 aliphatic rings. The van der Waals surface area contributed by atoms with Crippen LogP contribution in [0.1, 0.15) is 23.6 Å². The molecule has 1 heteroatoms. The van der Waals surface area contributed by atoms with Crippen molar-refractivity contribution in [2.75, 3.05) is 0 Å². The highest BCUT2D eigenvalue weighted by Crippen LogP contribution is 2.26. The van der Waals surface area contributed by atoms with Gasteiger partial charge in [0.25, 0.3) is 0 Å². The van der Waals surface area contributed by atoms with Gasteiger partial charge in [-0.15, -0.1) is 0 Å². The summed E-state index contributed by atoms with van der Waals surface area (Å²) in [7, 11) is 0. The molecule has 2 aromatic rings. The van der Waals surface area contributed by atoms with Crippen LogP contribution in [0.3, 0.4) is 0 Å². The lowest BCUT2D eigenvalue weighted by atomic mass is 9.97. The summed E-state index contributed by atoms with van der Waals surface area (Å²) in [5, 5.41) is 0. The summed E-state index contributed by atoms with van der Waals surface area (Å²) < 4.78 is 0. The van der Waals surface area contributed by atoms with Crippen LogP contribution in [0, 0.1) is 13.8 Å². The van der Waals surface area contributed by atoms with E-state index in [1.165, 1.54) is 22.3 Å². The molecule has 1 aromatic heterocycles. The SMILES string of the molecule is CCc1c(C)ccnc1-c1ccccc1C. The van der Waals surface area contributed by atoms with Gasteiger partial charge < -0.3 is 0 Å². The van der Waals surface area contributed by atoms with Crippen LogP contribution in [0.2, 0.25) is 0 Å². The van der Waals surface area contributed by atoms with Gasteiger partial charge in [-0.05, 0) is 43.0 Å². The van der Waals surface area contributed by atoms with Crippen LogP contribution in [0.15, 0.2) is 36.5 Å². The molecule has 0 radical (unpaired) electrons. The summed E-state index contributed by atoms with van der Waals surface area (Å²) in [5.74, 6) is 0. The van der Waals surface area contributed by atoms with Crippen molar-refractivity contribution < 1.29 is 0 Å². The maximum atomic E-state index is 4.54. The van der Waals surface area contributed by atoms with Crippen molar-refractivity contribution in [1.82, 2.24) is 4.98 Å². The Labute approximate surface area is 97.2 Å². The highest BCUT2D eigenvalue weighted by Gasteiger charge is 2.09. The van der Waals surface area contributed by atoms with Crippen LogP contribution in [-0.4, -0.2) is 4.98 Å². The van der Waals surface area contributed by atoms with Crippen LogP contribution >= 0.6 is 0 Å². The highest BCUT2D eigenvalue weighted by atomic mass is 14.7. The molecule has 0 aliphatic carbocycles. The van der Waals surface area contributed by atoms with E-state index >= 15 is 0 Å². The summed E-state index contributed by atoms with van der Waals surface area (Å²) in [6, 6.07) is 10.5. The molecule has 0 saturated heterocycles. The second-order valence-electron chi connectivity index (χ2n) is 4.12. The van der Waals surface area contributed by atoms with Crippen molar-refractivity contribution in [1.29, 1.82) is 0 Å². The largest absolute Gasteiger partial charge is 0.256 e. The Kier molecular flexibility index (Phi) is 3.04. The van der Waals surface area contributed by atoms with Gasteiger partial charge in [0.05, 0.1) is 5.69 Å². The monoisotopic (exact) mass is 211 g/mol. The van der Waals surface area contributed by atoms with Gasteiger partial charge in [0.2, 0.25) is 0 Å². The number of nitrogens with zero attached hydrogens (tertiary/aromatic N) is 1. The van der Waals surface area contributed by atoms with Gasteiger partial charge >= 0.3 is 0 Å². The molecule has 2 rings (SSSR count). The van der Waals surface area contributed by atoms with E-state index in [-0.39, 0.29) is 0 Å². The van der Waals surface area contributed by atoms with Crippen molar-refractivity contribution in [2.45, 2.75) is 27.2 Å². The lowest BCUT2D eigenvalue weighted by molar-refractivity contribution is 1.08. The first-order valence-electron chi connectivity index (χ1n) is 5.74. The second-order valence-corrected chi connectivity index (χ2v) is 4.12. The fourth-order valence-electron chi connectivity index (χ4n) is 2.11. The van der Waals surface area contributed by atoms with Crippen molar-refractivity contribution in [3.63, 3.8) is 0 Å². The summed E-state index contributed by atoms with van der Waals surface area (Å²) in [5.41, 5.74) is 6.37. The molecule has 1 nitrogen and oxygen atoms in total. The maximum absolute atomic E-state index is 4.54. The minimum atomic E-state index is 1.03. The predicted molar refractivity (Wildman–Crippen MR) is 68.5 cm³/mol. The molecule has 0 bridgehead atoms. The Morgan fingerprint density at radius 2 is 1.75 bits per heavy atom. The summed E-state index contributed by atoms with van der Waals surface area (Å²) >= 11 is 0. The van der Waals surface area contributed by atoms with Gasteiger partial charge in [0.15, 0.2) is 0 Å². The Hall–Kier alpha value is -1.63. The van der Waals surface area contributed by atoms with Crippen LogP contribution in [-0.2, 0) is 6.42 Å². The first-order valence-corrected chi connectivity index (χ1v) is 5.74. The first kappa shape index (κ1) is 10.9. The molecule has 0 aliphatic heterocycles. The molecular weight excluding hydrogens is 194 g/mol. The fraction of sp³-hybridized carbons (Fsp3) is 0.267. The summed E-state index contributed by atoms with van der Waals surface area (Å²) in [6.45, 7) is 6.48. The molecule has 0 atom stereocenters. The van der Waals surface area contributed by atoms with Gasteiger partial charge in [-0.1, -0.05) is 31.2 Å². The van der Waals surface area contributed by atoms with Crippen molar-refractivity contribution >= 4 is 0 Å². The van der Waals surface area contributed by atoms with Gasteiger partial charge in [-0.25, -0.2) is 0 Å². The number of benzene rings is 1. The van der Waals surface area contributed by atoms with Crippen molar-refractivity contribution in [3.8, 4) is 11.3 Å².